The van der Waals surface area contributed by atoms with Gasteiger partial charge in [0.2, 0.25) is 5.91 Å². The Morgan fingerprint density at radius 3 is 2.68 bits per heavy atom. The first-order chi connectivity index (χ1) is 12.2. The van der Waals surface area contributed by atoms with Crippen molar-refractivity contribution < 1.29 is 9.59 Å². The molecule has 25 heavy (non-hydrogen) atoms. The summed E-state index contributed by atoms with van der Waals surface area (Å²) < 4.78 is 0. The molecule has 2 aromatic rings. The normalized spacial score (nSPS) is 17.2. The molecular formula is C19H22N4O2. The summed E-state index contributed by atoms with van der Waals surface area (Å²) >= 11 is 0. The Labute approximate surface area is 147 Å². The van der Waals surface area contributed by atoms with E-state index in [1.807, 2.05) is 42.5 Å². The van der Waals surface area contributed by atoms with Crippen LogP contribution >= 0.6 is 0 Å². The van der Waals surface area contributed by atoms with Crippen LogP contribution < -0.4 is 10.2 Å². The summed E-state index contributed by atoms with van der Waals surface area (Å²) in [6.45, 7) is 1.10. The number of aromatic nitrogens is 1. The molecule has 6 nitrogen and oxygen atoms in total. The molecule has 1 fully saturated rings. The van der Waals surface area contributed by atoms with E-state index in [0.717, 1.165) is 17.7 Å². The number of carbonyl (C=O) groups excluding carboxylic acids is 2. The number of benzene rings is 1. The lowest BCUT2D eigenvalue weighted by Crippen LogP contribution is -2.55. The van der Waals surface area contributed by atoms with Crippen molar-refractivity contribution in [3.8, 4) is 0 Å². The SMILES string of the molecule is CN(C(=O)NCc1ccncc1)C1CCCN(c2ccccc2)C1=O. The quantitative estimate of drug-likeness (QED) is 0.931. The number of carbonyl (C=O) groups is 2. The van der Waals surface area contributed by atoms with Crippen LogP contribution in [0.2, 0.25) is 0 Å². The molecule has 0 spiro atoms. The maximum atomic E-state index is 12.8. The maximum Gasteiger partial charge on any atom is 0.318 e. The number of amides is 3. The second-order valence-corrected chi connectivity index (χ2v) is 6.11. The first kappa shape index (κ1) is 17.0. The number of anilines is 1. The molecule has 0 radical (unpaired) electrons. The number of rotatable bonds is 4. The minimum Gasteiger partial charge on any atom is -0.334 e. The minimum absolute atomic E-state index is 0.0287. The van der Waals surface area contributed by atoms with Crippen LogP contribution in [0.3, 0.4) is 0 Å². The van der Waals surface area contributed by atoms with Crippen molar-refractivity contribution in [2.24, 2.45) is 0 Å². The number of urea groups is 1. The Balaban J connectivity index is 1.63. The number of para-hydroxylation sites is 1. The van der Waals surface area contributed by atoms with Crippen LogP contribution in [0.25, 0.3) is 0 Å². The molecule has 1 atom stereocenters. The summed E-state index contributed by atoms with van der Waals surface area (Å²) in [5, 5.41) is 2.86. The molecule has 130 valence electrons. The van der Waals surface area contributed by atoms with E-state index in [1.54, 1.807) is 24.3 Å². The Morgan fingerprint density at radius 1 is 1.24 bits per heavy atom. The fraction of sp³-hybridized carbons (Fsp3) is 0.316. The Bertz CT molecular complexity index is 721. The third kappa shape index (κ3) is 3.96. The number of nitrogens with zero attached hydrogens (tertiary/aromatic N) is 3. The van der Waals surface area contributed by atoms with Gasteiger partial charge >= 0.3 is 6.03 Å². The van der Waals surface area contributed by atoms with E-state index < -0.39 is 6.04 Å². The first-order valence-corrected chi connectivity index (χ1v) is 8.43. The van der Waals surface area contributed by atoms with Crippen molar-refractivity contribution in [3.05, 3.63) is 60.4 Å². The predicted molar refractivity (Wildman–Crippen MR) is 96.1 cm³/mol. The van der Waals surface area contributed by atoms with Gasteiger partial charge in [0.25, 0.3) is 0 Å². The number of likely N-dealkylation sites (N-methyl/N-ethyl adjacent to an activating group) is 1. The second kappa shape index (κ2) is 7.79. The lowest BCUT2D eigenvalue weighted by Gasteiger charge is -2.36. The van der Waals surface area contributed by atoms with Gasteiger partial charge in [-0.3, -0.25) is 9.78 Å². The number of hydrogen-bond acceptors (Lipinski definition) is 3. The molecule has 1 saturated heterocycles. The van der Waals surface area contributed by atoms with E-state index in [4.69, 9.17) is 0 Å². The molecule has 6 heteroatoms. The molecule has 1 N–H and O–H groups in total. The average Bonchev–Trinajstić information content (AvgIpc) is 2.67. The maximum absolute atomic E-state index is 12.8. The van der Waals surface area contributed by atoms with Gasteiger partial charge in [0.05, 0.1) is 0 Å². The largest absolute Gasteiger partial charge is 0.334 e. The van der Waals surface area contributed by atoms with Crippen LogP contribution in [0.15, 0.2) is 54.9 Å². The number of nitrogens with one attached hydrogen (secondary N) is 1. The fourth-order valence-corrected chi connectivity index (χ4v) is 3.02. The summed E-state index contributed by atoms with van der Waals surface area (Å²) in [7, 11) is 1.68. The van der Waals surface area contributed by atoms with Crippen LogP contribution in [0.5, 0.6) is 0 Å². The highest BCUT2D eigenvalue weighted by Crippen LogP contribution is 2.23. The molecule has 0 saturated carbocycles. The number of piperidine rings is 1. The van der Waals surface area contributed by atoms with Gasteiger partial charge in [0.1, 0.15) is 6.04 Å². The van der Waals surface area contributed by atoms with Gasteiger partial charge in [-0.2, -0.15) is 0 Å². The molecular weight excluding hydrogens is 316 g/mol. The molecule has 3 rings (SSSR count). The van der Waals surface area contributed by atoms with Crippen LogP contribution in [-0.2, 0) is 11.3 Å². The van der Waals surface area contributed by atoms with E-state index in [2.05, 4.69) is 10.3 Å². The molecule has 0 aliphatic carbocycles. The highest BCUT2D eigenvalue weighted by molar-refractivity contribution is 5.99. The summed E-state index contributed by atoms with van der Waals surface area (Å²) in [5.74, 6) is -0.0287. The third-order valence-corrected chi connectivity index (χ3v) is 4.46. The van der Waals surface area contributed by atoms with Crippen molar-refractivity contribution in [2.45, 2.75) is 25.4 Å². The standard InChI is InChI=1S/C19H22N4O2/c1-22(19(25)21-14-15-9-11-20-12-10-15)17-8-5-13-23(18(17)24)16-6-3-2-4-7-16/h2-4,6-7,9-12,17H,5,8,13-14H2,1H3,(H,21,25). The van der Waals surface area contributed by atoms with Gasteiger partial charge in [0.15, 0.2) is 0 Å². The number of pyridine rings is 1. The minimum atomic E-state index is -0.439. The number of hydrogen-bond donors (Lipinski definition) is 1. The molecule has 1 aliphatic rings. The zero-order valence-corrected chi connectivity index (χ0v) is 14.3. The van der Waals surface area contributed by atoms with E-state index in [0.29, 0.717) is 19.5 Å². The second-order valence-electron chi connectivity index (χ2n) is 6.11. The van der Waals surface area contributed by atoms with Crippen LogP contribution in [0.4, 0.5) is 10.5 Å². The molecule has 1 aliphatic heterocycles. The summed E-state index contributed by atoms with van der Waals surface area (Å²) in [6, 6.07) is 12.6. The predicted octanol–water partition coefficient (Wildman–Crippen LogP) is 2.42. The first-order valence-electron chi connectivity index (χ1n) is 8.43. The van der Waals surface area contributed by atoms with Gasteiger partial charge in [-0.15, -0.1) is 0 Å². The van der Waals surface area contributed by atoms with Crippen molar-refractivity contribution in [3.63, 3.8) is 0 Å². The monoisotopic (exact) mass is 338 g/mol. The van der Waals surface area contributed by atoms with E-state index in [-0.39, 0.29) is 11.9 Å². The highest BCUT2D eigenvalue weighted by atomic mass is 16.2. The summed E-state index contributed by atoms with van der Waals surface area (Å²) in [6.07, 6.45) is 4.93. The highest BCUT2D eigenvalue weighted by Gasteiger charge is 2.34. The topological polar surface area (TPSA) is 65.5 Å². The lowest BCUT2D eigenvalue weighted by atomic mass is 10.0. The Hall–Kier alpha value is -2.89. The Kier molecular flexibility index (Phi) is 5.28. The summed E-state index contributed by atoms with van der Waals surface area (Å²) in [5.41, 5.74) is 1.85. The molecule has 1 aromatic carbocycles. The van der Waals surface area contributed by atoms with Gasteiger partial charge in [-0.1, -0.05) is 18.2 Å². The third-order valence-electron chi connectivity index (χ3n) is 4.46. The van der Waals surface area contributed by atoms with Gasteiger partial charge < -0.3 is 15.1 Å². The molecule has 1 unspecified atom stereocenters. The van der Waals surface area contributed by atoms with E-state index in [1.165, 1.54) is 4.90 Å². The van der Waals surface area contributed by atoms with Crippen LogP contribution in [-0.4, -0.2) is 41.5 Å². The van der Waals surface area contributed by atoms with Crippen LogP contribution in [0, 0.1) is 0 Å². The lowest BCUT2D eigenvalue weighted by molar-refractivity contribution is -0.123. The van der Waals surface area contributed by atoms with Crippen molar-refractivity contribution in [1.29, 1.82) is 0 Å². The van der Waals surface area contributed by atoms with Gasteiger partial charge in [-0.05, 0) is 42.7 Å². The van der Waals surface area contributed by atoms with Gasteiger partial charge in [-0.25, -0.2) is 4.79 Å². The average molecular weight is 338 g/mol. The molecule has 0 bridgehead atoms. The molecule has 3 amide bonds. The zero-order valence-electron chi connectivity index (χ0n) is 14.3. The van der Waals surface area contributed by atoms with Crippen molar-refractivity contribution in [1.82, 2.24) is 15.2 Å². The summed E-state index contributed by atoms with van der Waals surface area (Å²) in [4.78, 5) is 32.5. The van der Waals surface area contributed by atoms with Crippen molar-refractivity contribution >= 4 is 17.6 Å². The smallest absolute Gasteiger partial charge is 0.318 e. The Morgan fingerprint density at radius 2 is 1.96 bits per heavy atom. The molecule has 1 aromatic heterocycles. The van der Waals surface area contributed by atoms with E-state index in [9.17, 15) is 9.59 Å². The van der Waals surface area contributed by atoms with Crippen molar-refractivity contribution in [2.75, 3.05) is 18.5 Å². The van der Waals surface area contributed by atoms with E-state index >= 15 is 0 Å². The van der Waals surface area contributed by atoms with Crippen LogP contribution in [0.1, 0.15) is 18.4 Å². The fourth-order valence-electron chi connectivity index (χ4n) is 3.02. The van der Waals surface area contributed by atoms with Gasteiger partial charge in [0, 0.05) is 38.2 Å². The zero-order chi connectivity index (χ0) is 17.6. The molecule has 2 heterocycles.